The molecule has 17 heavy (non-hydrogen) atoms. The fourth-order valence-corrected chi connectivity index (χ4v) is 1.85. The fraction of sp³-hybridized carbons (Fsp3) is 0. The maximum absolute atomic E-state index is 6.02. The van der Waals surface area contributed by atoms with Gasteiger partial charge in [0.25, 0.3) is 0 Å². The van der Waals surface area contributed by atoms with Crippen molar-refractivity contribution in [3.8, 4) is 0 Å². The minimum atomic E-state index is 0.713. The minimum absolute atomic E-state index is 0.713. The van der Waals surface area contributed by atoms with E-state index in [1.165, 1.54) is 0 Å². The van der Waals surface area contributed by atoms with Crippen molar-refractivity contribution in [1.29, 1.82) is 0 Å². The number of halogens is 2. The summed E-state index contributed by atoms with van der Waals surface area (Å²) in [7, 11) is 0. The van der Waals surface area contributed by atoms with Crippen LogP contribution in [-0.4, -0.2) is 0 Å². The zero-order valence-electron chi connectivity index (χ0n) is 9.03. The molecule has 3 heteroatoms. The molecule has 2 rings (SSSR count). The quantitative estimate of drug-likeness (QED) is 0.809. The van der Waals surface area contributed by atoms with Crippen molar-refractivity contribution in [2.24, 2.45) is 5.73 Å². The third-order valence-corrected chi connectivity index (χ3v) is 3.15. The first-order chi connectivity index (χ1) is 8.15. The van der Waals surface area contributed by atoms with E-state index < -0.39 is 0 Å². The molecular formula is C14H11BrClN. The van der Waals surface area contributed by atoms with Crippen LogP contribution in [0.3, 0.4) is 0 Å². The Morgan fingerprint density at radius 1 is 1.00 bits per heavy atom. The SMILES string of the molecule is N/C(=C\c1ccc(Br)cc1)c1ccc(Cl)cc1. The van der Waals surface area contributed by atoms with Crippen LogP contribution in [0.1, 0.15) is 11.1 Å². The molecule has 2 aromatic carbocycles. The van der Waals surface area contributed by atoms with Crippen LogP contribution in [0, 0.1) is 0 Å². The molecule has 0 saturated carbocycles. The Kier molecular flexibility index (Phi) is 3.87. The molecule has 0 aliphatic rings. The van der Waals surface area contributed by atoms with Crippen molar-refractivity contribution in [3.05, 3.63) is 69.2 Å². The third kappa shape index (κ3) is 3.35. The van der Waals surface area contributed by atoms with Crippen molar-refractivity contribution in [1.82, 2.24) is 0 Å². The van der Waals surface area contributed by atoms with Crippen molar-refractivity contribution < 1.29 is 0 Å². The Morgan fingerprint density at radius 2 is 1.59 bits per heavy atom. The third-order valence-electron chi connectivity index (χ3n) is 2.37. The van der Waals surface area contributed by atoms with Crippen LogP contribution >= 0.6 is 27.5 Å². The molecule has 0 unspecified atom stereocenters. The maximum Gasteiger partial charge on any atom is 0.0406 e. The lowest BCUT2D eigenvalue weighted by molar-refractivity contribution is 1.52. The normalized spacial score (nSPS) is 11.5. The van der Waals surface area contributed by atoms with Gasteiger partial charge in [0.05, 0.1) is 0 Å². The molecule has 0 radical (unpaired) electrons. The first-order valence-electron chi connectivity index (χ1n) is 5.14. The Balaban J connectivity index is 2.27. The zero-order valence-corrected chi connectivity index (χ0v) is 11.4. The predicted octanol–water partition coefficient (Wildman–Crippen LogP) is 4.56. The second-order valence-electron chi connectivity index (χ2n) is 3.66. The van der Waals surface area contributed by atoms with Crippen LogP contribution in [0.4, 0.5) is 0 Å². The fourth-order valence-electron chi connectivity index (χ4n) is 1.46. The van der Waals surface area contributed by atoms with E-state index in [-0.39, 0.29) is 0 Å². The first kappa shape index (κ1) is 12.2. The average molecular weight is 309 g/mol. The molecule has 2 N–H and O–H groups in total. The van der Waals surface area contributed by atoms with Crippen LogP contribution in [-0.2, 0) is 0 Å². The summed E-state index contributed by atoms with van der Waals surface area (Å²) in [5, 5.41) is 0.713. The lowest BCUT2D eigenvalue weighted by atomic mass is 10.1. The van der Waals surface area contributed by atoms with E-state index in [4.69, 9.17) is 17.3 Å². The topological polar surface area (TPSA) is 26.0 Å². The van der Waals surface area contributed by atoms with Crippen molar-refractivity contribution in [3.63, 3.8) is 0 Å². The monoisotopic (exact) mass is 307 g/mol. The van der Waals surface area contributed by atoms with E-state index in [2.05, 4.69) is 15.9 Å². The lowest BCUT2D eigenvalue weighted by Gasteiger charge is -2.02. The largest absolute Gasteiger partial charge is 0.398 e. The van der Waals surface area contributed by atoms with Gasteiger partial charge >= 0.3 is 0 Å². The molecule has 2 aromatic rings. The van der Waals surface area contributed by atoms with Gasteiger partial charge in [0.2, 0.25) is 0 Å². The van der Waals surface area contributed by atoms with Gasteiger partial charge in [0.1, 0.15) is 0 Å². The molecule has 0 amide bonds. The predicted molar refractivity (Wildman–Crippen MR) is 77.7 cm³/mol. The summed E-state index contributed by atoms with van der Waals surface area (Å²) in [5.74, 6) is 0. The van der Waals surface area contributed by atoms with Gasteiger partial charge in [0.15, 0.2) is 0 Å². The number of hydrogen-bond acceptors (Lipinski definition) is 1. The summed E-state index contributed by atoms with van der Waals surface area (Å²) in [6.07, 6.45) is 1.94. The van der Waals surface area contributed by atoms with Gasteiger partial charge in [-0.2, -0.15) is 0 Å². The summed E-state index contributed by atoms with van der Waals surface area (Å²) in [6.45, 7) is 0. The van der Waals surface area contributed by atoms with Crippen molar-refractivity contribution in [2.45, 2.75) is 0 Å². The lowest BCUT2D eigenvalue weighted by Crippen LogP contribution is -1.95. The number of nitrogens with two attached hydrogens (primary N) is 1. The van der Waals surface area contributed by atoms with Gasteiger partial charge in [-0.05, 0) is 41.5 Å². The molecule has 1 nitrogen and oxygen atoms in total. The smallest absolute Gasteiger partial charge is 0.0406 e. The van der Waals surface area contributed by atoms with E-state index >= 15 is 0 Å². The van der Waals surface area contributed by atoms with Gasteiger partial charge < -0.3 is 5.73 Å². The molecule has 0 fully saturated rings. The molecule has 0 spiro atoms. The Hall–Kier alpha value is -1.25. The Bertz CT molecular complexity index is 529. The van der Waals surface area contributed by atoms with E-state index in [0.29, 0.717) is 5.02 Å². The molecule has 0 saturated heterocycles. The Morgan fingerprint density at radius 3 is 2.18 bits per heavy atom. The van der Waals surface area contributed by atoms with E-state index in [1.54, 1.807) is 0 Å². The highest BCUT2D eigenvalue weighted by atomic mass is 79.9. The molecule has 0 heterocycles. The van der Waals surface area contributed by atoms with E-state index in [9.17, 15) is 0 Å². The summed E-state index contributed by atoms with van der Waals surface area (Å²) in [5.41, 5.74) is 8.79. The van der Waals surface area contributed by atoms with Gasteiger partial charge in [-0.25, -0.2) is 0 Å². The van der Waals surface area contributed by atoms with E-state index in [1.807, 2.05) is 54.6 Å². The average Bonchev–Trinajstić information content (AvgIpc) is 2.33. The summed E-state index contributed by atoms with van der Waals surface area (Å²) < 4.78 is 1.06. The second-order valence-corrected chi connectivity index (χ2v) is 5.01. The van der Waals surface area contributed by atoms with Gasteiger partial charge in [-0.15, -0.1) is 0 Å². The maximum atomic E-state index is 6.02. The molecule has 0 bridgehead atoms. The van der Waals surface area contributed by atoms with Crippen LogP contribution < -0.4 is 5.73 Å². The van der Waals surface area contributed by atoms with Gasteiger partial charge in [0, 0.05) is 15.2 Å². The second kappa shape index (κ2) is 5.39. The van der Waals surface area contributed by atoms with Crippen LogP contribution in [0.25, 0.3) is 11.8 Å². The summed E-state index contributed by atoms with van der Waals surface area (Å²) in [4.78, 5) is 0. The minimum Gasteiger partial charge on any atom is -0.398 e. The van der Waals surface area contributed by atoms with Crippen LogP contribution in [0.5, 0.6) is 0 Å². The van der Waals surface area contributed by atoms with Crippen LogP contribution in [0.2, 0.25) is 5.02 Å². The molecular weight excluding hydrogens is 298 g/mol. The number of rotatable bonds is 2. The number of hydrogen-bond donors (Lipinski definition) is 1. The highest BCUT2D eigenvalue weighted by Gasteiger charge is 1.97. The molecule has 0 atom stereocenters. The zero-order chi connectivity index (χ0) is 12.3. The van der Waals surface area contributed by atoms with Crippen molar-refractivity contribution >= 4 is 39.3 Å². The van der Waals surface area contributed by atoms with Gasteiger partial charge in [-0.3, -0.25) is 0 Å². The molecule has 0 aliphatic heterocycles. The highest BCUT2D eigenvalue weighted by Crippen LogP contribution is 2.18. The van der Waals surface area contributed by atoms with Crippen LogP contribution in [0.15, 0.2) is 53.0 Å². The molecule has 0 aliphatic carbocycles. The number of benzene rings is 2. The highest BCUT2D eigenvalue weighted by molar-refractivity contribution is 9.10. The molecule has 0 aromatic heterocycles. The summed E-state index contributed by atoms with van der Waals surface area (Å²) >= 11 is 9.23. The molecule has 86 valence electrons. The first-order valence-corrected chi connectivity index (χ1v) is 6.31. The van der Waals surface area contributed by atoms with E-state index in [0.717, 1.165) is 21.3 Å². The standard InChI is InChI=1S/C14H11BrClN/c15-12-5-1-10(2-6-12)9-14(17)11-3-7-13(16)8-4-11/h1-9H,17H2/b14-9-. The Labute approximate surface area is 114 Å². The van der Waals surface area contributed by atoms with Crippen molar-refractivity contribution in [2.75, 3.05) is 0 Å². The summed E-state index contributed by atoms with van der Waals surface area (Å²) in [6, 6.07) is 15.5. The van der Waals surface area contributed by atoms with Gasteiger partial charge in [-0.1, -0.05) is 51.8 Å².